The molecule has 0 aliphatic rings. The number of methoxy groups -OCH3 is 1. The molecule has 0 saturated carbocycles. The highest BCUT2D eigenvalue weighted by atomic mass is 79.9. The van der Waals surface area contributed by atoms with Crippen LogP contribution < -0.4 is 4.74 Å². The largest absolute Gasteiger partial charge is 0.497 e. The maximum Gasteiger partial charge on any atom is 0.121 e. The first-order chi connectivity index (χ1) is 10.2. The molecule has 0 amide bonds. The van der Waals surface area contributed by atoms with Gasteiger partial charge in [-0.15, -0.1) is 11.6 Å². The summed E-state index contributed by atoms with van der Waals surface area (Å²) in [6.45, 7) is 0. The highest BCUT2D eigenvalue weighted by molar-refractivity contribution is 9.10. The average Bonchev–Trinajstić information content (AvgIpc) is 2.85. The van der Waals surface area contributed by atoms with Crippen LogP contribution in [0, 0.1) is 0 Å². The Kier molecular flexibility index (Phi) is 4.17. The zero-order valence-electron chi connectivity index (χ0n) is 11.5. The van der Waals surface area contributed by atoms with Crippen LogP contribution in [-0.4, -0.2) is 22.5 Å². The van der Waals surface area contributed by atoms with Gasteiger partial charge in [-0.2, -0.15) is 0 Å². The van der Waals surface area contributed by atoms with E-state index in [0.717, 1.165) is 32.8 Å². The van der Waals surface area contributed by atoms with Crippen molar-refractivity contribution in [2.45, 2.75) is 6.42 Å². The maximum absolute atomic E-state index is 5.93. The van der Waals surface area contributed by atoms with Crippen LogP contribution in [0.3, 0.4) is 0 Å². The van der Waals surface area contributed by atoms with Crippen LogP contribution in [0.5, 0.6) is 5.75 Å². The first kappa shape index (κ1) is 14.4. The number of imidazole rings is 1. The van der Waals surface area contributed by atoms with Crippen molar-refractivity contribution >= 4 is 38.6 Å². The van der Waals surface area contributed by atoms with Gasteiger partial charge in [0, 0.05) is 22.8 Å². The van der Waals surface area contributed by atoms with Crippen molar-refractivity contribution in [2.24, 2.45) is 0 Å². The molecular weight excluding hydrogens is 352 g/mol. The number of nitrogens with zero attached hydrogens (tertiary/aromatic N) is 2. The number of aromatic nitrogens is 2. The number of ether oxygens (including phenoxy) is 1. The Bertz CT molecular complexity index is 785. The van der Waals surface area contributed by atoms with Crippen molar-refractivity contribution in [2.75, 3.05) is 13.0 Å². The first-order valence-corrected chi connectivity index (χ1v) is 7.93. The second-order valence-electron chi connectivity index (χ2n) is 4.61. The Labute approximate surface area is 136 Å². The summed E-state index contributed by atoms with van der Waals surface area (Å²) in [5.41, 5.74) is 3.00. The maximum atomic E-state index is 5.93. The topological polar surface area (TPSA) is 27.1 Å². The quantitative estimate of drug-likeness (QED) is 0.633. The summed E-state index contributed by atoms with van der Waals surface area (Å²) in [7, 11) is 1.67. The van der Waals surface area contributed by atoms with E-state index in [0.29, 0.717) is 12.3 Å². The number of fused-ring (bicyclic) bond motifs is 1. The highest BCUT2D eigenvalue weighted by Gasteiger charge is 2.14. The van der Waals surface area contributed by atoms with Gasteiger partial charge in [-0.1, -0.05) is 12.1 Å². The Hall–Kier alpha value is -1.52. The summed E-state index contributed by atoms with van der Waals surface area (Å²) in [6, 6.07) is 14.0. The minimum atomic E-state index is 0.533. The third-order valence-electron chi connectivity index (χ3n) is 3.34. The molecule has 3 aromatic rings. The zero-order valence-corrected chi connectivity index (χ0v) is 13.9. The van der Waals surface area contributed by atoms with E-state index in [1.54, 1.807) is 7.11 Å². The molecule has 1 heterocycles. The third kappa shape index (κ3) is 2.65. The third-order valence-corrected chi connectivity index (χ3v) is 4.20. The van der Waals surface area contributed by atoms with Gasteiger partial charge in [-0.3, -0.25) is 4.57 Å². The van der Waals surface area contributed by atoms with E-state index in [-0.39, 0.29) is 0 Å². The molecule has 0 atom stereocenters. The molecule has 2 aromatic carbocycles. The zero-order chi connectivity index (χ0) is 14.8. The summed E-state index contributed by atoms with van der Waals surface area (Å²) in [5.74, 6) is 2.29. The predicted molar refractivity (Wildman–Crippen MR) is 89.7 cm³/mol. The van der Waals surface area contributed by atoms with Crippen molar-refractivity contribution in [3.63, 3.8) is 0 Å². The summed E-state index contributed by atoms with van der Waals surface area (Å²) in [6.07, 6.45) is 0.708. The Balaban J connectivity index is 2.31. The average molecular weight is 366 g/mol. The van der Waals surface area contributed by atoms with E-state index >= 15 is 0 Å². The number of halogens is 2. The molecule has 0 bridgehead atoms. The molecule has 0 radical (unpaired) electrons. The second-order valence-corrected chi connectivity index (χ2v) is 5.84. The summed E-state index contributed by atoms with van der Waals surface area (Å²) < 4.78 is 8.48. The fourth-order valence-corrected chi connectivity index (χ4v) is 3.02. The summed E-state index contributed by atoms with van der Waals surface area (Å²) in [4.78, 5) is 4.70. The van der Waals surface area contributed by atoms with Gasteiger partial charge in [0.15, 0.2) is 0 Å². The highest BCUT2D eigenvalue weighted by Crippen LogP contribution is 2.29. The van der Waals surface area contributed by atoms with Crippen LogP contribution in [-0.2, 0) is 6.42 Å². The van der Waals surface area contributed by atoms with Crippen LogP contribution in [0.4, 0.5) is 0 Å². The fourth-order valence-electron chi connectivity index (χ4n) is 2.39. The lowest BCUT2D eigenvalue weighted by Crippen LogP contribution is -2.03. The number of alkyl halides is 1. The van der Waals surface area contributed by atoms with Gasteiger partial charge in [0.25, 0.3) is 0 Å². The molecule has 0 unspecified atom stereocenters. The minimum absolute atomic E-state index is 0.533. The number of hydrogen-bond acceptors (Lipinski definition) is 2. The van der Waals surface area contributed by atoms with E-state index in [4.69, 9.17) is 21.3 Å². The molecule has 0 saturated heterocycles. The van der Waals surface area contributed by atoms with Gasteiger partial charge >= 0.3 is 0 Å². The van der Waals surface area contributed by atoms with Crippen LogP contribution in [0.15, 0.2) is 46.9 Å². The van der Waals surface area contributed by atoms with Crippen LogP contribution in [0.2, 0.25) is 0 Å². The van der Waals surface area contributed by atoms with E-state index in [2.05, 4.69) is 26.6 Å². The van der Waals surface area contributed by atoms with Crippen LogP contribution >= 0.6 is 27.5 Å². The van der Waals surface area contributed by atoms with Gasteiger partial charge in [-0.25, -0.2) is 4.98 Å². The SMILES string of the molecule is COc1ccc2nc(CCCl)n(-c3ccccc3Br)c2c1. The number of aryl methyl sites for hydroxylation is 1. The lowest BCUT2D eigenvalue weighted by Gasteiger charge is -2.11. The number of rotatable bonds is 4. The summed E-state index contributed by atoms with van der Waals surface area (Å²) in [5, 5.41) is 0. The predicted octanol–water partition coefficient (Wildman–Crippen LogP) is 4.58. The Morgan fingerprint density at radius 2 is 2.05 bits per heavy atom. The number of benzene rings is 2. The van der Waals surface area contributed by atoms with E-state index < -0.39 is 0 Å². The minimum Gasteiger partial charge on any atom is -0.497 e. The van der Waals surface area contributed by atoms with Crippen molar-refractivity contribution in [3.8, 4) is 11.4 Å². The van der Waals surface area contributed by atoms with Gasteiger partial charge < -0.3 is 4.74 Å². The monoisotopic (exact) mass is 364 g/mol. The molecular formula is C16H14BrClN2O. The van der Waals surface area contributed by atoms with Crippen molar-refractivity contribution in [1.29, 1.82) is 0 Å². The van der Waals surface area contributed by atoms with E-state index in [1.807, 2.05) is 36.4 Å². The second kappa shape index (κ2) is 6.08. The molecule has 0 aliphatic heterocycles. The normalized spacial score (nSPS) is 11.0. The molecule has 0 N–H and O–H groups in total. The molecule has 0 spiro atoms. The fraction of sp³-hybridized carbons (Fsp3) is 0.188. The number of para-hydroxylation sites is 1. The molecule has 5 heteroatoms. The van der Waals surface area contributed by atoms with Gasteiger partial charge in [0.1, 0.15) is 11.6 Å². The lowest BCUT2D eigenvalue weighted by molar-refractivity contribution is 0.415. The molecule has 1 aromatic heterocycles. The van der Waals surface area contributed by atoms with E-state index in [9.17, 15) is 0 Å². The molecule has 108 valence electrons. The van der Waals surface area contributed by atoms with Crippen LogP contribution in [0.25, 0.3) is 16.7 Å². The van der Waals surface area contributed by atoms with Crippen molar-refractivity contribution < 1.29 is 4.74 Å². The standard InChI is InChI=1S/C16H14BrClN2O/c1-21-11-6-7-13-15(10-11)20(16(19-13)8-9-18)14-5-3-2-4-12(14)17/h2-7,10H,8-9H2,1H3. The number of hydrogen-bond donors (Lipinski definition) is 0. The molecule has 3 rings (SSSR count). The van der Waals surface area contributed by atoms with E-state index in [1.165, 1.54) is 0 Å². The molecule has 3 nitrogen and oxygen atoms in total. The molecule has 21 heavy (non-hydrogen) atoms. The summed E-state index contributed by atoms with van der Waals surface area (Å²) >= 11 is 9.54. The lowest BCUT2D eigenvalue weighted by atomic mass is 10.2. The molecule has 0 aliphatic carbocycles. The Morgan fingerprint density at radius 1 is 1.24 bits per heavy atom. The van der Waals surface area contributed by atoms with Crippen molar-refractivity contribution in [3.05, 3.63) is 52.8 Å². The van der Waals surface area contributed by atoms with Crippen LogP contribution in [0.1, 0.15) is 5.82 Å². The smallest absolute Gasteiger partial charge is 0.121 e. The van der Waals surface area contributed by atoms with Crippen molar-refractivity contribution in [1.82, 2.24) is 9.55 Å². The van der Waals surface area contributed by atoms with Gasteiger partial charge in [0.05, 0.1) is 23.8 Å². The molecule has 0 fully saturated rings. The Morgan fingerprint density at radius 3 is 2.76 bits per heavy atom. The van der Waals surface area contributed by atoms with Gasteiger partial charge in [0.2, 0.25) is 0 Å². The first-order valence-electron chi connectivity index (χ1n) is 6.61. The van der Waals surface area contributed by atoms with Gasteiger partial charge in [-0.05, 0) is 40.2 Å².